The maximum Gasteiger partial charge on any atom is 0.306 e. The highest BCUT2D eigenvalue weighted by molar-refractivity contribution is 5.71. The van der Waals surface area contributed by atoms with Crippen LogP contribution in [-0.4, -0.2) is 37.2 Å². The minimum atomic E-state index is -0.794. The molecule has 0 saturated carbocycles. The molecule has 0 spiro atoms. The van der Waals surface area contributed by atoms with Gasteiger partial charge in [-0.1, -0.05) is 329 Å². The van der Waals surface area contributed by atoms with E-state index in [0.29, 0.717) is 19.3 Å². The monoisotopic (exact) mass is 1150 g/mol. The van der Waals surface area contributed by atoms with Crippen molar-refractivity contribution in [1.82, 2.24) is 0 Å². The van der Waals surface area contributed by atoms with E-state index >= 15 is 0 Å². The van der Waals surface area contributed by atoms with Crippen molar-refractivity contribution in [2.24, 2.45) is 0 Å². The minimum Gasteiger partial charge on any atom is -0.462 e. The number of esters is 3. The van der Waals surface area contributed by atoms with Crippen molar-refractivity contribution in [3.05, 3.63) is 109 Å². The van der Waals surface area contributed by atoms with Gasteiger partial charge in [-0.3, -0.25) is 14.4 Å². The summed E-state index contributed by atoms with van der Waals surface area (Å²) in [5.41, 5.74) is 0. The van der Waals surface area contributed by atoms with Gasteiger partial charge in [-0.25, -0.2) is 0 Å². The summed E-state index contributed by atoms with van der Waals surface area (Å²) in [5.74, 6) is -0.903. The van der Waals surface area contributed by atoms with Crippen LogP contribution >= 0.6 is 0 Å². The molecule has 0 fully saturated rings. The summed E-state index contributed by atoms with van der Waals surface area (Å²) in [6.45, 7) is 6.42. The fraction of sp³-hybridized carbons (Fsp3) is 0.727. The van der Waals surface area contributed by atoms with Crippen molar-refractivity contribution in [3.63, 3.8) is 0 Å². The molecule has 0 aliphatic rings. The van der Waals surface area contributed by atoms with Crippen LogP contribution in [0.25, 0.3) is 0 Å². The van der Waals surface area contributed by atoms with Crippen molar-refractivity contribution < 1.29 is 28.6 Å². The summed E-state index contributed by atoms with van der Waals surface area (Å²) >= 11 is 0. The number of rotatable bonds is 64. The number of hydrogen-bond donors (Lipinski definition) is 0. The third kappa shape index (κ3) is 68.7. The molecule has 0 aliphatic heterocycles. The van der Waals surface area contributed by atoms with E-state index in [1.54, 1.807) is 0 Å². The molecule has 6 heteroatoms. The zero-order valence-corrected chi connectivity index (χ0v) is 54.7. The Labute approximate surface area is 514 Å². The van der Waals surface area contributed by atoms with Crippen LogP contribution in [0.3, 0.4) is 0 Å². The van der Waals surface area contributed by atoms with Crippen molar-refractivity contribution in [2.45, 2.75) is 348 Å². The fourth-order valence-corrected chi connectivity index (χ4v) is 10.1. The molecule has 0 saturated heterocycles. The molecular weight excluding hydrogens is 1020 g/mol. The molecule has 0 bridgehead atoms. The second kappa shape index (κ2) is 70.6. The molecule has 1 unspecified atom stereocenters. The first-order valence-corrected chi connectivity index (χ1v) is 35.4. The van der Waals surface area contributed by atoms with E-state index < -0.39 is 6.10 Å². The summed E-state index contributed by atoms with van der Waals surface area (Å²) in [6.07, 6.45) is 97.0. The van der Waals surface area contributed by atoms with Crippen molar-refractivity contribution in [3.8, 4) is 0 Å². The van der Waals surface area contributed by atoms with Crippen molar-refractivity contribution in [1.29, 1.82) is 0 Å². The van der Waals surface area contributed by atoms with Crippen LogP contribution in [0.15, 0.2) is 109 Å². The molecule has 0 aliphatic carbocycles. The lowest BCUT2D eigenvalue weighted by Gasteiger charge is -2.18. The van der Waals surface area contributed by atoms with E-state index in [1.807, 2.05) is 0 Å². The maximum absolute atomic E-state index is 12.9. The molecule has 83 heavy (non-hydrogen) atoms. The summed E-state index contributed by atoms with van der Waals surface area (Å²) < 4.78 is 16.9. The van der Waals surface area contributed by atoms with Gasteiger partial charge in [0.1, 0.15) is 13.2 Å². The van der Waals surface area contributed by atoms with Gasteiger partial charge in [-0.05, 0) is 103 Å². The summed E-state index contributed by atoms with van der Waals surface area (Å²) in [7, 11) is 0. The molecule has 0 N–H and O–H groups in total. The van der Waals surface area contributed by atoms with Crippen molar-refractivity contribution >= 4 is 17.9 Å². The standard InChI is InChI=1S/C77H132O6/c1-4-7-10-13-16-19-22-25-27-29-31-32-33-34-35-36-37-38-39-40-41-42-43-44-46-47-49-52-55-58-61-64-67-70-76(79)82-73-74(72-81-75(78)69-66-63-60-57-54-51-24-21-18-15-12-9-6-3)83-77(80)71-68-65-62-59-56-53-50-48-45-30-28-26-23-20-17-14-11-8-5-2/h7-8,10-11,16-17,19-20,25-28,31-32,45,48,53,56,74H,4-6,9,12-15,18,21-24,29-30,33-44,46-47,49-52,54-55,57-73H2,1-3H3/b10-7-,11-8-,19-16-,20-17-,27-25-,28-26-,32-31-,48-45-,56-53-. The Bertz CT molecular complexity index is 1660. The predicted molar refractivity (Wildman–Crippen MR) is 362 cm³/mol. The molecule has 0 radical (unpaired) electrons. The van der Waals surface area contributed by atoms with Crippen LogP contribution in [0.4, 0.5) is 0 Å². The van der Waals surface area contributed by atoms with Crippen LogP contribution < -0.4 is 0 Å². The number of carbonyl (C=O) groups is 3. The largest absolute Gasteiger partial charge is 0.462 e. The lowest BCUT2D eigenvalue weighted by molar-refractivity contribution is -0.167. The zero-order valence-electron chi connectivity index (χ0n) is 54.7. The normalized spacial score (nSPS) is 12.8. The average molecular weight is 1150 g/mol. The number of unbranched alkanes of at least 4 members (excludes halogenated alkanes) is 35. The quantitative estimate of drug-likeness (QED) is 0.0261. The van der Waals surface area contributed by atoms with Gasteiger partial charge in [-0.15, -0.1) is 0 Å². The average Bonchev–Trinajstić information content (AvgIpc) is 3.49. The lowest BCUT2D eigenvalue weighted by atomic mass is 10.0. The second-order valence-corrected chi connectivity index (χ2v) is 23.4. The van der Waals surface area contributed by atoms with Crippen LogP contribution in [0, 0.1) is 0 Å². The highest BCUT2D eigenvalue weighted by atomic mass is 16.6. The number of hydrogen-bond acceptors (Lipinski definition) is 6. The first-order chi connectivity index (χ1) is 41.0. The van der Waals surface area contributed by atoms with E-state index in [4.69, 9.17) is 14.2 Å². The van der Waals surface area contributed by atoms with E-state index in [9.17, 15) is 14.4 Å². The Hall–Kier alpha value is -3.93. The molecule has 1 atom stereocenters. The van der Waals surface area contributed by atoms with E-state index in [0.717, 1.165) is 122 Å². The summed E-state index contributed by atoms with van der Waals surface area (Å²) in [5, 5.41) is 0. The van der Waals surface area contributed by atoms with Gasteiger partial charge in [0.15, 0.2) is 6.10 Å². The van der Waals surface area contributed by atoms with Gasteiger partial charge in [0.05, 0.1) is 0 Å². The van der Waals surface area contributed by atoms with Gasteiger partial charge in [-0.2, -0.15) is 0 Å². The van der Waals surface area contributed by atoms with Crippen LogP contribution in [0.5, 0.6) is 0 Å². The number of allylic oxidation sites excluding steroid dienone is 18. The van der Waals surface area contributed by atoms with Gasteiger partial charge >= 0.3 is 17.9 Å². The molecular formula is C77H132O6. The molecule has 476 valence electrons. The van der Waals surface area contributed by atoms with E-state index in [-0.39, 0.29) is 31.1 Å². The van der Waals surface area contributed by atoms with Crippen LogP contribution in [-0.2, 0) is 28.6 Å². The molecule has 0 rings (SSSR count). The topological polar surface area (TPSA) is 78.9 Å². The third-order valence-corrected chi connectivity index (χ3v) is 15.3. The highest BCUT2D eigenvalue weighted by Gasteiger charge is 2.19. The van der Waals surface area contributed by atoms with Crippen LogP contribution in [0.2, 0.25) is 0 Å². The van der Waals surface area contributed by atoms with Crippen molar-refractivity contribution in [2.75, 3.05) is 13.2 Å². The molecule has 0 amide bonds. The second-order valence-electron chi connectivity index (χ2n) is 23.4. The Morgan fingerprint density at radius 1 is 0.253 bits per heavy atom. The lowest BCUT2D eigenvalue weighted by Crippen LogP contribution is -2.30. The first-order valence-electron chi connectivity index (χ1n) is 35.4. The van der Waals surface area contributed by atoms with E-state index in [2.05, 4.69) is 130 Å². The van der Waals surface area contributed by atoms with Gasteiger partial charge in [0, 0.05) is 19.3 Å². The third-order valence-electron chi connectivity index (χ3n) is 15.3. The summed E-state index contributed by atoms with van der Waals surface area (Å²) in [6, 6.07) is 0. The first kappa shape index (κ1) is 79.1. The zero-order chi connectivity index (χ0) is 59.9. The van der Waals surface area contributed by atoms with Gasteiger partial charge in [0.25, 0.3) is 0 Å². The Balaban J connectivity index is 4.21. The van der Waals surface area contributed by atoms with Gasteiger partial charge < -0.3 is 14.2 Å². The Kier molecular flexibility index (Phi) is 67.2. The van der Waals surface area contributed by atoms with Gasteiger partial charge in [0.2, 0.25) is 0 Å². The maximum atomic E-state index is 12.9. The van der Waals surface area contributed by atoms with Crippen LogP contribution in [0.1, 0.15) is 342 Å². The highest BCUT2D eigenvalue weighted by Crippen LogP contribution is 2.18. The summed E-state index contributed by atoms with van der Waals surface area (Å²) in [4.78, 5) is 38.4. The Morgan fingerprint density at radius 2 is 0.470 bits per heavy atom. The number of ether oxygens (including phenoxy) is 3. The molecule has 0 aromatic carbocycles. The molecule has 0 aromatic rings. The fourth-order valence-electron chi connectivity index (χ4n) is 10.1. The van der Waals surface area contributed by atoms with E-state index in [1.165, 1.54) is 180 Å². The molecule has 6 nitrogen and oxygen atoms in total. The predicted octanol–water partition coefficient (Wildman–Crippen LogP) is 24.6. The molecule has 0 heterocycles. The molecule has 0 aromatic heterocycles. The number of carbonyl (C=O) groups excluding carboxylic acids is 3. The minimum absolute atomic E-state index is 0.0871. The Morgan fingerprint density at radius 3 is 0.747 bits per heavy atom. The SMILES string of the molecule is CC/C=C\C/C=C\C/C=C\C/C=C\C/C=C\CCCCCC(=O)OC(COC(=O)CCCCCCCCCCCCCCC)COC(=O)CCCCCCCCCCCCCCCCCCCCCC/C=C\C/C=C\C/C=C\C/C=C\CC. The smallest absolute Gasteiger partial charge is 0.306 e.